The molecule has 0 bridgehead atoms. The third-order valence-corrected chi connectivity index (χ3v) is 6.77. The van der Waals surface area contributed by atoms with E-state index in [1.165, 1.54) is 0 Å². The summed E-state index contributed by atoms with van der Waals surface area (Å²) < 4.78 is 12.9. The number of hydrogen-bond donors (Lipinski definition) is 0. The van der Waals surface area contributed by atoms with Crippen LogP contribution in [0.25, 0.3) is 6.08 Å². The van der Waals surface area contributed by atoms with E-state index >= 15 is 0 Å². The van der Waals surface area contributed by atoms with E-state index in [9.17, 15) is 9.59 Å². The number of carbonyl (C=O) groups is 2. The molecule has 3 aromatic rings. The molecule has 3 rings (SSSR count). The molecule has 0 amide bonds. The lowest BCUT2D eigenvalue weighted by molar-refractivity contribution is -0.138. The average molecular weight is 543 g/mol. The Balaban J connectivity index is 1.96. The third kappa shape index (κ3) is 8.30. The maximum absolute atomic E-state index is 12.8. The van der Waals surface area contributed by atoms with Crippen molar-refractivity contribution in [2.75, 3.05) is 6.61 Å². The van der Waals surface area contributed by atoms with Crippen molar-refractivity contribution >= 4 is 41.0 Å². The van der Waals surface area contributed by atoms with Crippen LogP contribution in [0.4, 0.5) is 0 Å². The first kappa shape index (κ1) is 28.7. The van der Waals surface area contributed by atoms with Gasteiger partial charge in [0.25, 0.3) is 0 Å². The standard InChI is InChI=1S/C29H35ClN2O4S/c1-6-8-11-26-31-18-23(15-22(27(33)35-7-2)16-24-10-9-14-37-24)32(26)19-21-13-12-20(17-25(21)30)28(34)36-29(3,4)5/h9-10,12-15,17-18H,6-8,11,16,19H2,1-5H3/b22-15+. The van der Waals surface area contributed by atoms with Gasteiger partial charge in [-0.25, -0.2) is 14.6 Å². The van der Waals surface area contributed by atoms with E-state index in [1.807, 2.05) is 50.4 Å². The second-order valence-electron chi connectivity index (χ2n) is 9.74. The molecule has 0 aliphatic carbocycles. The Morgan fingerprint density at radius 2 is 1.97 bits per heavy atom. The van der Waals surface area contributed by atoms with Crippen LogP contribution in [-0.2, 0) is 33.7 Å². The van der Waals surface area contributed by atoms with Crippen LogP contribution in [0.2, 0.25) is 5.02 Å². The van der Waals surface area contributed by atoms with Crippen molar-refractivity contribution in [3.63, 3.8) is 0 Å². The Morgan fingerprint density at radius 1 is 1.19 bits per heavy atom. The SMILES string of the molecule is CCCCc1ncc(/C=C(\Cc2cccs2)C(=O)OCC)n1Cc1ccc(C(=O)OC(C)(C)C)cc1Cl. The molecule has 0 unspecified atom stereocenters. The van der Waals surface area contributed by atoms with Crippen LogP contribution in [-0.4, -0.2) is 33.7 Å². The van der Waals surface area contributed by atoms with Crippen LogP contribution in [0.5, 0.6) is 0 Å². The highest BCUT2D eigenvalue weighted by Crippen LogP contribution is 2.25. The minimum Gasteiger partial charge on any atom is -0.463 e. The number of unbranched alkanes of at least 4 members (excludes halogenated alkanes) is 1. The van der Waals surface area contributed by atoms with Gasteiger partial charge >= 0.3 is 11.9 Å². The van der Waals surface area contributed by atoms with Crippen molar-refractivity contribution in [3.05, 3.63) is 80.0 Å². The number of hydrogen-bond acceptors (Lipinski definition) is 6. The molecule has 198 valence electrons. The van der Waals surface area contributed by atoms with Crippen molar-refractivity contribution in [2.45, 2.75) is 72.4 Å². The summed E-state index contributed by atoms with van der Waals surface area (Å²) in [4.78, 5) is 31.0. The van der Waals surface area contributed by atoms with Crippen LogP contribution >= 0.6 is 22.9 Å². The maximum Gasteiger partial charge on any atom is 0.338 e. The molecule has 2 heterocycles. The zero-order valence-corrected chi connectivity index (χ0v) is 23.7. The van der Waals surface area contributed by atoms with Crippen molar-refractivity contribution in [1.82, 2.24) is 9.55 Å². The molecular formula is C29H35ClN2O4S. The molecule has 0 spiro atoms. The van der Waals surface area contributed by atoms with E-state index in [0.717, 1.165) is 41.2 Å². The van der Waals surface area contributed by atoms with E-state index in [4.69, 9.17) is 21.1 Å². The quantitative estimate of drug-likeness (QED) is 0.190. The number of benzene rings is 1. The predicted octanol–water partition coefficient (Wildman–Crippen LogP) is 7.13. The van der Waals surface area contributed by atoms with Crippen LogP contribution < -0.4 is 0 Å². The van der Waals surface area contributed by atoms with Gasteiger partial charge in [0, 0.05) is 28.3 Å². The van der Waals surface area contributed by atoms with E-state index in [2.05, 4.69) is 16.5 Å². The lowest BCUT2D eigenvalue weighted by Gasteiger charge is -2.20. The first-order valence-electron chi connectivity index (χ1n) is 12.6. The maximum atomic E-state index is 12.8. The number of esters is 2. The molecule has 0 atom stereocenters. The number of carbonyl (C=O) groups excluding carboxylic acids is 2. The summed E-state index contributed by atoms with van der Waals surface area (Å²) in [5, 5.41) is 2.46. The minimum atomic E-state index is -0.589. The van der Waals surface area contributed by atoms with Gasteiger partial charge in [-0.2, -0.15) is 0 Å². The summed E-state index contributed by atoms with van der Waals surface area (Å²) in [6.45, 7) is 10.2. The fourth-order valence-corrected chi connectivity index (χ4v) is 4.72. The Morgan fingerprint density at radius 3 is 2.59 bits per heavy atom. The number of aryl methyl sites for hydroxylation is 1. The van der Waals surface area contributed by atoms with Crippen molar-refractivity contribution in [2.24, 2.45) is 0 Å². The zero-order chi connectivity index (χ0) is 27.0. The molecule has 2 aromatic heterocycles. The van der Waals surface area contributed by atoms with Crippen LogP contribution in [0.3, 0.4) is 0 Å². The normalized spacial score (nSPS) is 12.0. The van der Waals surface area contributed by atoms with E-state index < -0.39 is 11.6 Å². The van der Waals surface area contributed by atoms with Gasteiger partial charge in [-0.15, -0.1) is 11.3 Å². The highest BCUT2D eigenvalue weighted by Gasteiger charge is 2.20. The van der Waals surface area contributed by atoms with Gasteiger partial charge in [-0.05, 0) is 69.3 Å². The molecule has 0 saturated carbocycles. The summed E-state index contributed by atoms with van der Waals surface area (Å²) >= 11 is 8.24. The smallest absolute Gasteiger partial charge is 0.338 e. The Labute approximate surface area is 228 Å². The fourth-order valence-electron chi connectivity index (χ4n) is 3.76. The zero-order valence-electron chi connectivity index (χ0n) is 22.2. The molecule has 0 fully saturated rings. The van der Waals surface area contributed by atoms with Gasteiger partial charge in [0.05, 0.1) is 30.6 Å². The first-order chi connectivity index (χ1) is 17.6. The summed E-state index contributed by atoms with van der Waals surface area (Å²) in [5.74, 6) is 0.168. The van der Waals surface area contributed by atoms with Crippen molar-refractivity contribution < 1.29 is 19.1 Å². The average Bonchev–Trinajstić information content (AvgIpc) is 3.47. The summed E-state index contributed by atoms with van der Waals surface area (Å²) in [5.41, 5.74) is 2.03. The van der Waals surface area contributed by atoms with Crippen molar-refractivity contribution in [1.29, 1.82) is 0 Å². The van der Waals surface area contributed by atoms with Crippen molar-refractivity contribution in [3.8, 4) is 0 Å². The molecule has 0 aliphatic rings. The van der Waals surface area contributed by atoms with Gasteiger partial charge in [0.2, 0.25) is 0 Å². The molecule has 0 saturated heterocycles. The van der Waals surface area contributed by atoms with Crippen LogP contribution in [0.15, 0.2) is 47.5 Å². The lowest BCUT2D eigenvalue weighted by Crippen LogP contribution is -2.23. The summed E-state index contributed by atoms with van der Waals surface area (Å²) in [7, 11) is 0. The summed E-state index contributed by atoms with van der Waals surface area (Å²) in [6, 6.07) is 9.20. The van der Waals surface area contributed by atoms with Gasteiger partial charge in [0.15, 0.2) is 0 Å². The molecule has 1 aromatic carbocycles. The number of aromatic nitrogens is 2. The minimum absolute atomic E-state index is 0.307. The second-order valence-corrected chi connectivity index (χ2v) is 11.2. The van der Waals surface area contributed by atoms with E-state index in [0.29, 0.717) is 35.7 Å². The summed E-state index contributed by atoms with van der Waals surface area (Å²) in [6.07, 6.45) is 6.97. The van der Waals surface area contributed by atoms with Gasteiger partial charge in [-0.3, -0.25) is 0 Å². The number of rotatable bonds is 11. The molecule has 37 heavy (non-hydrogen) atoms. The number of ether oxygens (including phenoxy) is 2. The number of halogens is 1. The molecule has 8 heteroatoms. The lowest BCUT2D eigenvalue weighted by atomic mass is 10.1. The number of imidazole rings is 1. The molecule has 6 nitrogen and oxygen atoms in total. The van der Waals surface area contributed by atoms with Crippen LogP contribution in [0, 0.1) is 0 Å². The van der Waals surface area contributed by atoms with E-state index in [-0.39, 0.29) is 5.97 Å². The second kappa shape index (κ2) is 13.1. The fraction of sp³-hybridized carbons (Fsp3) is 0.414. The number of nitrogens with zero attached hydrogens (tertiary/aromatic N) is 2. The largest absolute Gasteiger partial charge is 0.463 e. The monoisotopic (exact) mass is 542 g/mol. The highest BCUT2D eigenvalue weighted by molar-refractivity contribution is 7.09. The topological polar surface area (TPSA) is 70.4 Å². The molecule has 0 radical (unpaired) electrons. The van der Waals surface area contributed by atoms with Gasteiger partial charge in [-0.1, -0.05) is 37.1 Å². The Hall–Kier alpha value is -2.90. The van der Waals surface area contributed by atoms with Gasteiger partial charge < -0.3 is 14.0 Å². The molecular weight excluding hydrogens is 508 g/mol. The third-order valence-electron chi connectivity index (χ3n) is 5.54. The molecule has 0 N–H and O–H groups in total. The van der Waals surface area contributed by atoms with Crippen LogP contribution in [0.1, 0.15) is 79.8 Å². The Bertz CT molecular complexity index is 1240. The first-order valence-corrected chi connectivity index (χ1v) is 13.8. The van der Waals surface area contributed by atoms with Gasteiger partial charge in [0.1, 0.15) is 11.4 Å². The molecule has 0 aliphatic heterocycles. The Kier molecular flexibility index (Phi) is 10.1. The van der Waals surface area contributed by atoms with E-state index in [1.54, 1.807) is 36.6 Å². The highest BCUT2D eigenvalue weighted by atomic mass is 35.5. The number of thiophene rings is 1. The predicted molar refractivity (Wildman–Crippen MR) is 149 cm³/mol.